The van der Waals surface area contributed by atoms with Gasteiger partial charge in [0.2, 0.25) is 0 Å². The third-order valence-electron chi connectivity index (χ3n) is 3.68. The van der Waals surface area contributed by atoms with Crippen LogP contribution in [0.2, 0.25) is 0 Å². The minimum atomic E-state index is -0.0734. The summed E-state index contributed by atoms with van der Waals surface area (Å²) in [5.74, 6) is 0. The molecule has 0 radical (unpaired) electrons. The van der Waals surface area contributed by atoms with Gasteiger partial charge in [-0.1, -0.05) is 57.2 Å². The van der Waals surface area contributed by atoms with Gasteiger partial charge in [0, 0.05) is 9.75 Å². The molecule has 0 spiro atoms. The molecule has 0 aliphatic carbocycles. The lowest BCUT2D eigenvalue weighted by Gasteiger charge is -2.15. The van der Waals surface area contributed by atoms with Crippen molar-refractivity contribution in [1.82, 2.24) is 0 Å². The van der Waals surface area contributed by atoms with Gasteiger partial charge in [0.15, 0.2) is 0 Å². The van der Waals surface area contributed by atoms with E-state index >= 15 is 0 Å². The van der Waals surface area contributed by atoms with Crippen molar-refractivity contribution >= 4 is 33.7 Å². The van der Waals surface area contributed by atoms with E-state index in [1.54, 1.807) is 0 Å². The van der Waals surface area contributed by atoms with Crippen LogP contribution in [0, 0.1) is 0 Å². The number of alkyl halides is 1. The first-order valence-electron chi connectivity index (χ1n) is 7.18. The van der Waals surface area contributed by atoms with E-state index < -0.39 is 0 Å². The van der Waals surface area contributed by atoms with Crippen molar-refractivity contribution in [2.24, 2.45) is 0 Å². The summed E-state index contributed by atoms with van der Waals surface area (Å²) in [6, 6.07) is 19.3. The lowest BCUT2D eigenvalue weighted by Crippen LogP contribution is -2.07. The highest BCUT2D eigenvalue weighted by atomic mass is 35.5. The summed E-state index contributed by atoms with van der Waals surface area (Å²) < 4.78 is 0. The maximum absolute atomic E-state index is 6.71. The van der Waals surface area contributed by atoms with Crippen molar-refractivity contribution in [1.29, 1.82) is 0 Å². The fourth-order valence-electron chi connectivity index (χ4n) is 2.42. The number of fused-ring (bicyclic) bond motifs is 1. The molecule has 0 nitrogen and oxygen atoms in total. The monoisotopic (exact) mass is 314 g/mol. The lowest BCUT2D eigenvalue weighted by atomic mass is 9.95. The van der Waals surface area contributed by atoms with Gasteiger partial charge in [-0.15, -0.1) is 22.9 Å². The molecule has 2 heteroatoms. The largest absolute Gasteiger partial charge is 0.143 e. The molecule has 108 valence electrons. The van der Waals surface area contributed by atoms with Crippen molar-refractivity contribution < 1.29 is 0 Å². The first-order valence-corrected chi connectivity index (χ1v) is 8.43. The van der Waals surface area contributed by atoms with E-state index in [0.29, 0.717) is 0 Å². The van der Waals surface area contributed by atoms with Crippen molar-refractivity contribution in [2.75, 3.05) is 0 Å². The van der Waals surface area contributed by atoms with Crippen LogP contribution in [0.5, 0.6) is 0 Å². The van der Waals surface area contributed by atoms with Gasteiger partial charge in [-0.3, -0.25) is 0 Å². The van der Waals surface area contributed by atoms with E-state index in [0.717, 1.165) is 5.56 Å². The Morgan fingerprint density at radius 2 is 1.62 bits per heavy atom. The van der Waals surface area contributed by atoms with Crippen LogP contribution < -0.4 is 0 Å². The average molecular weight is 315 g/mol. The SMILES string of the molecule is CC(C)(C)c1ccc(C(Cl)c2ccc3ccccc3c2)s1. The second kappa shape index (κ2) is 5.47. The molecule has 1 aromatic heterocycles. The lowest BCUT2D eigenvalue weighted by molar-refractivity contribution is 0.604. The molecule has 0 saturated carbocycles. The Hall–Kier alpha value is -1.31. The molecule has 1 heterocycles. The Labute approximate surface area is 135 Å². The maximum Gasteiger partial charge on any atom is 0.0928 e. The molecule has 0 aliphatic heterocycles. The van der Waals surface area contributed by atoms with E-state index in [1.165, 1.54) is 20.5 Å². The Morgan fingerprint density at radius 3 is 2.29 bits per heavy atom. The predicted octanol–water partition coefficient (Wildman–Crippen LogP) is 6.53. The Bertz CT molecular complexity index is 764. The molecule has 1 atom stereocenters. The van der Waals surface area contributed by atoms with Crippen molar-refractivity contribution in [2.45, 2.75) is 31.6 Å². The smallest absolute Gasteiger partial charge is 0.0928 e. The van der Waals surface area contributed by atoms with Crippen LogP contribution in [0.3, 0.4) is 0 Å². The number of halogens is 1. The minimum Gasteiger partial charge on any atom is -0.143 e. The van der Waals surface area contributed by atoms with Gasteiger partial charge in [0.25, 0.3) is 0 Å². The summed E-state index contributed by atoms with van der Waals surface area (Å²) in [6.45, 7) is 6.71. The number of rotatable bonds is 2. The molecule has 2 aromatic carbocycles. The molecule has 21 heavy (non-hydrogen) atoms. The summed E-state index contributed by atoms with van der Waals surface area (Å²) in [5.41, 5.74) is 1.35. The summed E-state index contributed by atoms with van der Waals surface area (Å²) >= 11 is 8.52. The predicted molar refractivity (Wildman–Crippen MR) is 94.7 cm³/mol. The van der Waals surface area contributed by atoms with E-state index in [9.17, 15) is 0 Å². The summed E-state index contributed by atoms with van der Waals surface area (Å²) in [4.78, 5) is 2.60. The average Bonchev–Trinajstić information content (AvgIpc) is 2.96. The fourth-order valence-corrected chi connectivity index (χ4v) is 3.84. The summed E-state index contributed by atoms with van der Waals surface area (Å²) in [7, 11) is 0. The molecule has 1 unspecified atom stereocenters. The molecular formula is C19H19ClS. The molecule has 0 fully saturated rings. The highest BCUT2D eigenvalue weighted by Crippen LogP contribution is 2.38. The highest BCUT2D eigenvalue weighted by Gasteiger charge is 2.19. The second-order valence-corrected chi connectivity index (χ2v) is 7.97. The zero-order chi connectivity index (χ0) is 15.0. The fraction of sp³-hybridized carbons (Fsp3) is 0.263. The van der Waals surface area contributed by atoms with Crippen LogP contribution >= 0.6 is 22.9 Å². The molecule has 3 aromatic rings. The van der Waals surface area contributed by atoms with Crippen LogP contribution in [0.25, 0.3) is 10.8 Å². The van der Waals surface area contributed by atoms with Gasteiger partial charge in [0.05, 0.1) is 5.38 Å². The van der Waals surface area contributed by atoms with E-state index in [2.05, 4.69) is 75.4 Å². The van der Waals surface area contributed by atoms with Crippen LogP contribution in [-0.2, 0) is 5.41 Å². The van der Waals surface area contributed by atoms with Crippen LogP contribution in [0.1, 0.15) is 41.5 Å². The summed E-state index contributed by atoms with van der Waals surface area (Å²) in [6.07, 6.45) is 0. The zero-order valence-electron chi connectivity index (χ0n) is 12.6. The van der Waals surface area contributed by atoms with E-state index in [1.807, 2.05) is 11.3 Å². The van der Waals surface area contributed by atoms with Crippen molar-refractivity contribution in [3.63, 3.8) is 0 Å². The topological polar surface area (TPSA) is 0 Å². The van der Waals surface area contributed by atoms with Gasteiger partial charge in [0.1, 0.15) is 0 Å². The van der Waals surface area contributed by atoms with E-state index in [4.69, 9.17) is 11.6 Å². The Balaban J connectivity index is 1.96. The Kier molecular flexibility index (Phi) is 3.81. The molecule has 0 bridgehead atoms. The quantitative estimate of drug-likeness (QED) is 0.472. The third kappa shape index (κ3) is 3.00. The van der Waals surface area contributed by atoms with Gasteiger partial charge in [-0.2, -0.15) is 0 Å². The van der Waals surface area contributed by atoms with Gasteiger partial charge in [-0.25, -0.2) is 0 Å². The first kappa shape index (κ1) is 14.6. The highest BCUT2D eigenvalue weighted by molar-refractivity contribution is 7.12. The summed E-state index contributed by atoms with van der Waals surface area (Å²) in [5, 5.41) is 2.43. The van der Waals surface area contributed by atoms with E-state index in [-0.39, 0.29) is 10.8 Å². The number of benzene rings is 2. The maximum atomic E-state index is 6.71. The van der Waals surface area contributed by atoms with Crippen LogP contribution in [0.15, 0.2) is 54.6 Å². The number of hydrogen-bond donors (Lipinski definition) is 0. The van der Waals surface area contributed by atoms with Crippen molar-refractivity contribution in [3.8, 4) is 0 Å². The van der Waals surface area contributed by atoms with Crippen molar-refractivity contribution in [3.05, 3.63) is 69.9 Å². The van der Waals surface area contributed by atoms with Gasteiger partial charge in [-0.05, 0) is 39.9 Å². The zero-order valence-corrected chi connectivity index (χ0v) is 14.1. The number of hydrogen-bond acceptors (Lipinski definition) is 1. The number of thiophene rings is 1. The molecule has 3 rings (SSSR count). The molecule has 0 amide bonds. The molecule has 0 saturated heterocycles. The minimum absolute atomic E-state index is 0.0734. The first-order chi connectivity index (χ1) is 9.95. The van der Waals surface area contributed by atoms with Gasteiger partial charge < -0.3 is 0 Å². The molecule has 0 N–H and O–H groups in total. The molecular weight excluding hydrogens is 296 g/mol. The van der Waals surface area contributed by atoms with Crippen LogP contribution in [-0.4, -0.2) is 0 Å². The second-order valence-electron chi connectivity index (χ2n) is 6.42. The normalized spacial score (nSPS) is 13.5. The molecule has 0 aliphatic rings. The third-order valence-corrected chi connectivity index (χ3v) is 5.87. The Morgan fingerprint density at radius 1 is 0.905 bits per heavy atom. The standard InChI is InChI=1S/C19H19ClS/c1-19(2,3)17-11-10-16(21-17)18(20)15-9-8-13-6-4-5-7-14(13)12-15/h4-12,18H,1-3H3. The van der Waals surface area contributed by atoms with Crippen LogP contribution in [0.4, 0.5) is 0 Å². The van der Waals surface area contributed by atoms with Gasteiger partial charge >= 0.3 is 0 Å².